The van der Waals surface area contributed by atoms with Gasteiger partial charge in [-0.2, -0.15) is 0 Å². The third kappa shape index (κ3) is 62.5. The minimum atomic E-state index is -0.801. The minimum Gasteiger partial charge on any atom is -0.462 e. The first-order chi connectivity index (χ1) is 38.0. The molecule has 0 aromatic rings. The van der Waals surface area contributed by atoms with Crippen molar-refractivity contribution < 1.29 is 28.6 Å². The highest BCUT2D eigenvalue weighted by Crippen LogP contribution is 2.16. The summed E-state index contributed by atoms with van der Waals surface area (Å²) in [5.41, 5.74) is 0. The van der Waals surface area contributed by atoms with E-state index in [1.807, 2.05) is 0 Å². The molecular weight excluding hydrogens is 949 g/mol. The van der Waals surface area contributed by atoms with Crippen LogP contribution in [0.15, 0.2) is 122 Å². The van der Waals surface area contributed by atoms with E-state index < -0.39 is 6.10 Å². The maximum atomic E-state index is 12.9. The van der Waals surface area contributed by atoms with E-state index in [2.05, 4.69) is 142 Å². The van der Waals surface area contributed by atoms with Crippen LogP contribution < -0.4 is 0 Å². The van der Waals surface area contributed by atoms with Crippen molar-refractivity contribution in [3.8, 4) is 0 Å². The fourth-order valence-electron chi connectivity index (χ4n) is 8.69. The monoisotopic (exact) mass is 1070 g/mol. The summed E-state index contributed by atoms with van der Waals surface area (Å²) in [7, 11) is 0. The molecule has 0 spiro atoms. The number of allylic oxidation sites excluding steroid dienone is 20. The van der Waals surface area contributed by atoms with Crippen molar-refractivity contribution in [2.24, 2.45) is 0 Å². The molecule has 0 fully saturated rings. The summed E-state index contributed by atoms with van der Waals surface area (Å²) in [6.45, 7) is 6.36. The second-order valence-electron chi connectivity index (χ2n) is 20.9. The molecule has 1 unspecified atom stereocenters. The number of hydrogen-bond donors (Lipinski definition) is 0. The molecule has 0 saturated carbocycles. The standard InChI is InChI=1S/C71H118O6/c1-4-7-10-13-16-19-22-25-27-29-31-32-33-34-35-36-37-38-40-41-43-46-49-52-55-58-61-64-70(73)76-67-68(66-75-69(72)63-60-57-54-51-48-45-24-21-18-15-12-9-6-3)77-71(74)65-62-59-56-53-50-47-44-42-39-30-28-26-23-20-17-14-11-8-5-2/h7,9-10,12,16-21,25-28,31-32,39,42,45,48,68H,4-6,8,11,13-15,22-24,29-30,33-38,40-41,43-44,46-47,49-67H2,1-3H3/b10-7-,12-9-,19-16-,20-17-,21-18-,27-25-,28-26-,32-31-,42-39-,48-45-. The fraction of sp³-hybridized carbons (Fsp3) is 0.676. The van der Waals surface area contributed by atoms with Crippen molar-refractivity contribution in [3.05, 3.63) is 122 Å². The SMILES string of the molecule is CC/C=C\C/C=C\C/C=C\C/C=C\CCCCCCCCCCCCCCCCC(=O)OCC(COC(=O)CCCCC/C=C\C/C=C\C/C=C\CC)OC(=O)CCCCCCCC/C=C\C/C=C\C/C=C\CCCCC. The van der Waals surface area contributed by atoms with Crippen molar-refractivity contribution in [1.82, 2.24) is 0 Å². The second-order valence-corrected chi connectivity index (χ2v) is 20.9. The van der Waals surface area contributed by atoms with Crippen molar-refractivity contribution >= 4 is 17.9 Å². The summed E-state index contributed by atoms with van der Waals surface area (Å²) in [6, 6.07) is 0. The van der Waals surface area contributed by atoms with Crippen molar-refractivity contribution in [2.75, 3.05) is 13.2 Å². The Morgan fingerprint density at radius 2 is 0.506 bits per heavy atom. The molecule has 6 heteroatoms. The first-order valence-corrected chi connectivity index (χ1v) is 32.0. The number of carbonyl (C=O) groups is 3. The average molecular weight is 1070 g/mol. The highest BCUT2D eigenvalue weighted by atomic mass is 16.6. The lowest BCUT2D eigenvalue weighted by molar-refractivity contribution is -0.167. The molecule has 0 bridgehead atoms. The topological polar surface area (TPSA) is 78.9 Å². The summed E-state index contributed by atoms with van der Waals surface area (Å²) in [6.07, 6.45) is 89.2. The van der Waals surface area contributed by atoms with Gasteiger partial charge in [0.15, 0.2) is 6.10 Å². The van der Waals surface area contributed by atoms with Crippen molar-refractivity contribution in [2.45, 2.75) is 297 Å². The minimum absolute atomic E-state index is 0.0945. The molecule has 0 radical (unpaired) electrons. The number of ether oxygens (including phenoxy) is 3. The largest absolute Gasteiger partial charge is 0.462 e. The highest BCUT2D eigenvalue weighted by Gasteiger charge is 2.19. The van der Waals surface area contributed by atoms with Gasteiger partial charge >= 0.3 is 17.9 Å². The zero-order chi connectivity index (χ0) is 55.7. The Morgan fingerprint density at radius 1 is 0.273 bits per heavy atom. The van der Waals surface area contributed by atoms with E-state index in [0.29, 0.717) is 19.3 Å². The number of hydrogen-bond acceptors (Lipinski definition) is 6. The Hall–Kier alpha value is -4.19. The summed E-state index contributed by atoms with van der Waals surface area (Å²) in [4.78, 5) is 38.3. The summed E-state index contributed by atoms with van der Waals surface area (Å²) < 4.78 is 16.9. The van der Waals surface area contributed by atoms with Crippen LogP contribution in [0, 0.1) is 0 Å². The van der Waals surface area contributed by atoms with Crippen LogP contribution in [0.4, 0.5) is 0 Å². The smallest absolute Gasteiger partial charge is 0.306 e. The van der Waals surface area contributed by atoms with Crippen LogP contribution in [0.5, 0.6) is 0 Å². The molecule has 0 aliphatic rings. The molecule has 0 aromatic heterocycles. The maximum absolute atomic E-state index is 12.9. The fourth-order valence-corrected chi connectivity index (χ4v) is 8.69. The number of esters is 3. The lowest BCUT2D eigenvalue weighted by atomic mass is 10.0. The van der Waals surface area contributed by atoms with Gasteiger partial charge in [-0.1, -0.05) is 264 Å². The van der Waals surface area contributed by atoms with E-state index in [1.165, 1.54) is 116 Å². The predicted molar refractivity (Wildman–Crippen MR) is 334 cm³/mol. The Balaban J connectivity index is 4.33. The van der Waals surface area contributed by atoms with Crippen LogP contribution in [0.25, 0.3) is 0 Å². The molecule has 0 aromatic carbocycles. The number of carbonyl (C=O) groups excluding carboxylic acids is 3. The normalized spacial score (nSPS) is 12.9. The van der Waals surface area contributed by atoms with Gasteiger partial charge in [0.1, 0.15) is 13.2 Å². The van der Waals surface area contributed by atoms with Gasteiger partial charge in [0.05, 0.1) is 0 Å². The zero-order valence-corrected chi connectivity index (χ0v) is 50.2. The van der Waals surface area contributed by atoms with Crippen molar-refractivity contribution in [3.63, 3.8) is 0 Å². The quantitative estimate of drug-likeness (QED) is 0.0261. The van der Waals surface area contributed by atoms with Gasteiger partial charge in [-0.05, 0) is 128 Å². The Morgan fingerprint density at radius 3 is 0.805 bits per heavy atom. The highest BCUT2D eigenvalue weighted by molar-refractivity contribution is 5.71. The van der Waals surface area contributed by atoms with Gasteiger partial charge in [0, 0.05) is 19.3 Å². The van der Waals surface area contributed by atoms with Crippen LogP contribution >= 0.6 is 0 Å². The lowest BCUT2D eigenvalue weighted by Gasteiger charge is -2.18. The van der Waals surface area contributed by atoms with Crippen molar-refractivity contribution in [1.29, 1.82) is 0 Å². The van der Waals surface area contributed by atoms with Gasteiger partial charge < -0.3 is 14.2 Å². The van der Waals surface area contributed by atoms with Gasteiger partial charge in [-0.25, -0.2) is 0 Å². The number of rotatable bonds is 57. The predicted octanol–water partition coefficient (Wildman–Crippen LogP) is 22.0. The van der Waals surface area contributed by atoms with E-state index in [9.17, 15) is 14.4 Å². The summed E-state index contributed by atoms with van der Waals surface area (Å²) >= 11 is 0. The molecule has 0 amide bonds. The lowest BCUT2D eigenvalue weighted by Crippen LogP contribution is -2.30. The Bertz CT molecular complexity index is 1600. The molecule has 6 nitrogen and oxygen atoms in total. The third-order valence-electron chi connectivity index (χ3n) is 13.4. The Labute approximate surface area is 475 Å². The van der Waals surface area contributed by atoms with Gasteiger partial charge in [-0.15, -0.1) is 0 Å². The maximum Gasteiger partial charge on any atom is 0.306 e. The molecule has 0 saturated heterocycles. The van der Waals surface area contributed by atoms with E-state index in [-0.39, 0.29) is 31.1 Å². The molecule has 0 aliphatic heterocycles. The van der Waals surface area contributed by atoms with Gasteiger partial charge in [0.2, 0.25) is 0 Å². The first kappa shape index (κ1) is 72.8. The van der Waals surface area contributed by atoms with E-state index in [1.54, 1.807) is 0 Å². The molecule has 438 valence electrons. The van der Waals surface area contributed by atoms with E-state index in [4.69, 9.17) is 14.2 Å². The van der Waals surface area contributed by atoms with Crippen LogP contribution in [0.2, 0.25) is 0 Å². The molecule has 77 heavy (non-hydrogen) atoms. The molecule has 0 rings (SSSR count). The van der Waals surface area contributed by atoms with E-state index >= 15 is 0 Å². The van der Waals surface area contributed by atoms with Crippen LogP contribution in [-0.2, 0) is 28.6 Å². The van der Waals surface area contributed by atoms with E-state index in [0.717, 1.165) is 135 Å². The first-order valence-electron chi connectivity index (χ1n) is 32.0. The molecule has 1 atom stereocenters. The van der Waals surface area contributed by atoms with Crippen LogP contribution in [0.3, 0.4) is 0 Å². The van der Waals surface area contributed by atoms with Crippen LogP contribution in [0.1, 0.15) is 290 Å². The molecule has 0 aliphatic carbocycles. The van der Waals surface area contributed by atoms with Crippen LogP contribution in [-0.4, -0.2) is 37.2 Å². The second kappa shape index (κ2) is 64.3. The molecule has 0 heterocycles. The third-order valence-corrected chi connectivity index (χ3v) is 13.4. The Kier molecular flexibility index (Phi) is 60.8. The zero-order valence-electron chi connectivity index (χ0n) is 50.2. The summed E-state index contributed by atoms with van der Waals surface area (Å²) in [5, 5.41) is 0. The van der Waals surface area contributed by atoms with Gasteiger partial charge in [0.25, 0.3) is 0 Å². The summed E-state index contributed by atoms with van der Waals surface area (Å²) in [5.74, 6) is -0.934. The number of unbranched alkanes of at least 4 members (excludes halogenated alkanes) is 26. The van der Waals surface area contributed by atoms with Gasteiger partial charge in [-0.3, -0.25) is 14.4 Å². The molecule has 0 N–H and O–H groups in total. The molecular formula is C71H118O6. The average Bonchev–Trinajstić information content (AvgIpc) is 3.43.